The summed E-state index contributed by atoms with van der Waals surface area (Å²) in [5.41, 5.74) is 4.12. The van der Waals surface area contributed by atoms with Crippen molar-refractivity contribution in [1.82, 2.24) is 0 Å². The second-order valence-electron chi connectivity index (χ2n) is 5.20. The van der Waals surface area contributed by atoms with Gasteiger partial charge in [0, 0.05) is 6.42 Å². The summed E-state index contributed by atoms with van der Waals surface area (Å²) in [5.74, 6) is 0. The maximum atomic E-state index is 12.4. The first-order valence-electron chi connectivity index (χ1n) is 6.83. The number of ether oxygens (including phenoxy) is 1. The predicted molar refractivity (Wildman–Crippen MR) is 79.4 cm³/mol. The van der Waals surface area contributed by atoms with Crippen molar-refractivity contribution in [2.75, 3.05) is 4.90 Å². The number of nitrogens with zero attached hydrogens (tertiary/aromatic N) is 1. The van der Waals surface area contributed by atoms with Gasteiger partial charge >= 0.3 is 6.09 Å². The van der Waals surface area contributed by atoms with Crippen LogP contribution in [0.4, 0.5) is 16.2 Å². The minimum atomic E-state index is -0.320. The van der Waals surface area contributed by atoms with Crippen molar-refractivity contribution >= 4 is 17.5 Å². The standard InChI is InChI=1S/C17H17NO2/c1-12(2)20-17(19)18-15-9-5-3-7-13(15)11-14-8-4-6-10-16(14)18/h3-10,12H,11H2,1-2H3. The van der Waals surface area contributed by atoms with Crippen LogP contribution in [0.1, 0.15) is 25.0 Å². The average molecular weight is 267 g/mol. The molecule has 3 rings (SSSR count). The highest BCUT2D eigenvalue weighted by molar-refractivity contribution is 5.99. The SMILES string of the molecule is CC(C)OC(=O)N1c2ccccc2Cc2ccccc21. The Labute approximate surface area is 118 Å². The van der Waals surface area contributed by atoms with E-state index < -0.39 is 0 Å². The fourth-order valence-electron chi connectivity index (χ4n) is 2.54. The van der Waals surface area contributed by atoms with Crippen LogP contribution in [0.25, 0.3) is 0 Å². The second-order valence-corrected chi connectivity index (χ2v) is 5.20. The summed E-state index contributed by atoms with van der Waals surface area (Å²) in [5, 5.41) is 0. The molecule has 1 aliphatic heterocycles. The Morgan fingerprint density at radius 3 is 2.00 bits per heavy atom. The van der Waals surface area contributed by atoms with E-state index in [4.69, 9.17) is 4.74 Å². The molecule has 1 amide bonds. The van der Waals surface area contributed by atoms with Gasteiger partial charge in [-0.05, 0) is 37.1 Å². The minimum absolute atomic E-state index is 0.135. The lowest BCUT2D eigenvalue weighted by Crippen LogP contribution is -2.32. The quantitative estimate of drug-likeness (QED) is 0.772. The Morgan fingerprint density at radius 1 is 1.00 bits per heavy atom. The summed E-state index contributed by atoms with van der Waals surface area (Å²) in [6.45, 7) is 3.72. The molecule has 0 bridgehead atoms. The van der Waals surface area contributed by atoms with E-state index in [-0.39, 0.29) is 12.2 Å². The van der Waals surface area contributed by atoms with Crippen molar-refractivity contribution in [3.05, 3.63) is 59.7 Å². The molecule has 0 spiro atoms. The number of para-hydroxylation sites is 2. The number of rotatable bonds is 1. The Balaban J connectivity index is 2.10. The fraction of sp³-hybridized carbons (Fsp3) is 0.235. The van der Waals surface area contributed by atoms with Crippen LogP contribution in [-0.4, -0.2) is 12.2 Å². The van der Waals surface area contributed by atoms with Crippen LogP contribution >= 0.6 is 0 Å². The molecule has 0 aromatic heterocycles. The van der Waals surface area contributed by atoms with Crippen molar-refractivity contribution in [1.29, 1.82) is 0 Å². The largest absolute Gasteiger partial charge is 0.446 e. The lowest BCUT2D eigenvalue weighted by atomic mass is 9.96. The highest BCUT2D eigenvalue weighted by Crippen LogP contribution is 2.38. The zero-order chi connectivity index (χ0) is 14.1. The molecule has 102 valence electrons. The molecule has 0 fully saturated rings. The van der Waals surface area contributed by atoms with E-state index in [1.165, 1.54) is 0 Å². The molecule has 2 aromatic carbocycles. The lowest BCUT2D eigenvalue weighted by Gasteiger charge is -2.31. The predicted octanol–water partition coefficient (Wildman–Crippen LogP) is 4.27. The molecule has 2 aromatic rings. The third-order valence-corrected chi connectivity index (χ3v) is 3.37. The first-order chi connectivity index (χ1) is 9.66. The highest BCUT2D eigenvalue weighted by Gasteiger charge is 2.28. The van der Waals surface area contributed by atoms with Gasteiger partial charge in [-0.25, -0.2) is 9.69 Å². The van der Waals surface area contributed by atoms with Gasteiger partial charge in [0.05, 0.1) is 17.5 Å². The minimum Gasteiger partial charge on any atom is -0.446 e. The number of carbonyl (C=O) groups is 1. The van der Waals surface area contributed by atoms with Gasteiger partial charge in [0.25, 0.3) is 0 Å². The third kappa shape index (κ3) is 2.16. The van der Waals surface area contributed by atoms with Crippen molar-refractivity contribution < 1.29 is 9.53 Å². The van der Waals surface area contributed by atoms with Crippen molar-refractivity contribution in [3.8, 4) is 0 Å². The fourth-order valence-corrected chi connectivity index (χ4v) is 2.54. The van der Waals surface area contributed by atoms with Crippen LogP contribution in [0.5, 0.6) is 0 Å². The maximum Gasteiger partial charge on any atom is 0.419 e. The zero-order valence-corrected chi connectivity index (χ0v) is 11.7. The normalized spacial score (nSPS) is 12.8. The molecular weight excluding hydrogens is 250 g/mol. The van der Waals surface area contributed by atoms with Gasteiger partial charge in [-0.1, -0.05) is 36.4 Å². The van der Waals surface area contributed by atoms with Gasteiger partial charge in [0.1, 0.15) is 0 Å². The monoisotopic (exact) mass is 267 g/mol. The summed E-state index contributed by atoms with van der Waals surface area (Å²) in [4.78, 5) is 14.1. The number of anilines is 2. The molecular formula is C17H17NO2. The Kier molecular flexibility index (Phi) is 3.18. The number of fused-ring (bicyclic) bond motifs is 2. The average Bonchev–Trinajstić information content (AvgIpc) is 2.43. The van der Waals surface area contributed by atoms with Gasteiger partial charge in [-0.2, -0.15) is 0 Å². The molecule has 3 nitrogen and oxygen atoms in total. The molecule has 0 radical (unpaired) electrons. The van der Waals surface area contributed by atoms with Crippen molar-refractivity contribution in [2.45, 2.75) is 26.4 Å². The van der Waals surface area contributed by atoms with Crippen LogP contribution < -0.4 is 4.90 Å². The Hall–Kier alpha value is -2.29. The van der Waals surface area contributed by atoms with Gasteiger partial charge in [0.15, 0.2) is 0 Å². The molecule has 3 heteroatoms. The first kappa shape index (κ1) is 12.7. The Morgan fingerprint density at radius 2 is 1.50 bits per heavy atom. The molecule has 0 atom stereocenters. The number of benzene rings is 2. The van der Waals surface area contributed by atoms with Gasteiger partial charge in [-0.15, -0.1) is 0 Å². The van der Waals surface area contributed by atoms with E-state index in [1.54, 1.807) is 4.90 Å². The summed E-state index contributed by atoms with van der Waals surface area (Å²) >= 11 is 0. The van der Waals surface area contributed by atoms with Crippen molar-refractivity contribution in [3.63, 3.8) is 0 Å². The smallest absolute Gasteiger partial charge is 0.419 e. The summed E-state index contributed by atoms with van der Waals surface area (Å²) in [7, 11) is 0. The van der Waals surface area contributed by atoms with Gasteiger partial charge in [-0.3, -0.25) is 0 Å². The molecule has 0 saturated heterocycles. The van der Waals surface area contributed by atoms with Crippen LogP contribution in [0.2, 0.25) is 0 Å². The van der Waals surface area contributed by atoms with Crippen LogP contribution in [-0.2, 0) is 11.2 Å². The first-order valence-corrected chi connectivity index (χ1v) is 6.83. The topological polar surface area (TPSA) is 29.5 Å². The van der Waals surface area contributed by atoms with E-state index in [9.17, 15) is 4.79 Å². The van der Waals surface area contributed by atoms with Gasteiger partial charge < -0.3 is 4.74 Å². The van der Waals surface area contributed by atoms with E-state index in [2.05, 4.69) is 12.1 Å². The van der Waals surface area contributed by atoms with Crippen LogP contribution in [0, 0.1) is 0 Å². The van der Waals surface area contributed by atoms with Gasteiger partial charge in [0.2, 0.25) is 0 Å². The maximum absolute atomic E-state index is 12.4. The van der Waals surface area contributed by atoms with E-state index in [0.29, 0.717) is 0 Å². The molecule has 0 unspecified atom stereocenters. The molecule has 0 saturated carbocycles. The second kappa shape index (κ2) is 5.00. The number of amides is 1. The number of hydrogen-bond acceptors (Lipinski definition) is 2. The molecule has 1 heterocycles. The van der Waals surface area contributed by atoms with Crippen LogP contribution in [0.3, 0.4) is 0 Å². The Bertz CT molecular complexity index is 603. The molecule has 20 heavy (non-hydrogen) atoms. The van der Waals surface area contributed by atoms with Crippen molar-refractivity contribution in [2.24, 2.45) is 0 Å². The van der Waals surface area contributed by atoms with E-state index in [1.807, 2.05) is 50.2 Å². The number of hydrogen-bond donors (Lipinski definition) is 0. The molecule has 0 aliphatic carbocycles. The number of carbonyl (C=O) groups excluding carboxylic acids is 1. The molecule has 1 aliphatic rings. The summed E-state index contributed by atoms with van der Waals surface area (Å²) in [6.07, 6.45) is 0.390. The molecule has 0 N–H and O–H groups in total. The summed E-state index contributed by atoms with van der Waals surface area (Å²) < 4.78 is 5.39. The van der Waals surface area contributed by atoms with E-state index in [0.717, 1.165) is 28.9 Å². The summed E-state index contributed by atoms with van der Waals surface area (Å²) in [6, 6.07) is 15.9. The zero-order valence-electron chi connectivity index (χ0n) is 11.7. The lowest BCUT2D eigenvalue weighted by molar-refractivity contribution is 0.125. The van der Waals surface area contributed by atoms with E-state index >= 15 is 0 Å². The third-order valence-electron chi connectivity index (χ3n) is 3.37. The van der Waals surface area contributed by atoms with Crippen LogP contribution in [0.15, 0.2) is 48.5 Å². The highest BCUT2D eigenvalue weighted by atomic mass is 16.6.